The van der Waals surface area contributed by atoms with E-state index in [9.17, 15) is 59.3 Å². The summed E-state index contributed by atoms with van der Waals surface area (Å²) in [5.41, 5.74) is -6.81. The standard InChI is InChI=1S/C39H45FN2O17/c1-36-14-13-24(43)17-23(36)8-11-26-27-18-29(44)39(52,37(27,2)19-30(45)38(26,36)40)31(46)21-56-34(50)41-28(33(48)49)20-57-35(51)59-25-9-5-22(6-10-25)7-12-32(47)55-15-3-4-16-58-42(53)54/h5-7,9-10,12-14,17,26-30,44-45,52H,3-4,8,11,15-16,18-21H2,1-2H3,(H,41,50)(H,48,49)/b12-7+/t26-,27-,28?,29+,30-,36-,37-,38-,39-/m0/s1. The second-order valence-electron chi connectivity index (χ2n) is 15.3. The molecule has 0 radical (unpaired) electrons. The van der Waals surface area contributed by atoms with E-state index in [2.05, 4.69) is 4.84 Å². The molecule has 3 fully saturated rings. The van der Waals surface area contributed by atoms with E-state index >= 15 is 4.39 Å². The summed E-state index contributed by atoms with van der Waals surface area (Å²) in [5.74, 6) is -5.58. The van der Waals surface area contributed by atoms with Crippen LogP contribution in [0.5, 0.6) is 5.75 Å². The molecule has 9 atom stereocenters. The van der Waals surface area contributed by atoms with Gasteiger partial charge in [0.1, 0.15) is 12.4 Å². The number of unbranched alkanes of at least 4 members (excludes halogenated alkanes) is 1. The predicted molar refractivity (Wildman–Crippen MR) is 196 cm³/mol. The molecule has 3 saturated carbocycles. The van der Waals surface area contributed by atoms with Crippen molar-refractivity contribution < 1.29 is 82.5 Å². The van der Waals surface area contributed by atoms with Crippen LogP contribution in [-0.2, 0) is 38.2 Å². The van der Waals surface area contributed by atoms with E-state index in [0.717, 1.165) is 6.08 Å². The van der Waals surface area contributed by atoms with Crippen LogP contribution in [0.1, 0.15) is 57.9 Å². The smallest absolute Gasteiger partial charge is 0.480 e. The summed E-state index contributed by atoms with van der Waals surface area (Å²) in [6, 6.07) is 3.71. The number of alkyl carbamates (subject to hydrolysis) is 1. The lowest BCUT2D eigenvalue weighted by Crippen LogP contribution is -2.69. The highest BCUT2D eigenvalue weighted by Gasteiger charge is 2.76. The number of hydrogen-bond donors (Lipinski definition) is 5. The number of rotatable bonds is 16. The van der Waals surface area contributed by atoms with Gasteiger partial charge in [-0.25, -0.2) is 23.6 Å². The quantitative estimate of drug-likeness (QED) is 0.0304. The van der Waals surface area contributed by atoms with Crippen LogP contribution >= 0.6 is 0 Å². The number of benzene rings is 1. The van der Waals surface area contributed by atoms with Crippen molar-refractivity contribution in [1.82, 2.24) is 5.32 Å². The number of aliphatic carboxylic acids is 1. The van der Waals surface area contributed by atoms with Gasteiger partial charge < -0.3 is 49.5 Å². The van der Waals surface area contributed by atoms with Crippen molar-refractivity contribution in [3.8, 4) is 5.75 Å². The van der Waals surface area contributed by atoms with E-state index in [1.54, 1.807) is 6.92 Å². The van der Waals surface area contributed by atoms with Crippen LogP contribution in [0.2, 0.25) is 0 Å². The number of esters is 1. The van der Waals surface area contributed by atoms with E-state index in [4.69, 9.17) is 18.9 Å². The van der Waals surface area contributed by atoms with E-state index in [1.165, 1.54) is 55.5 Å². The zero-order valence-electron chi connectivity index (χ0n) is 32.1. The van der Waals surface area contributed by atoms with Crippen LogP contribution in [0, 0.1) is 32.8 Å². The Balaban J connectivity index is 1.10. The number of carbonyl (C=O) groups excluding carboxylic acids is 5. The molecule has 4 aliphatic carbocycles. The maximum absolute atomic E-state index is 17.3. The lowest BCUT2D eigenvalue weighted by Gasteiger charge is -2.62. The number of fused-ring (bicyclic) bond motifs is 5. The van der Waals surface area contributed by atoms with Crippen molar-refractivity contribution in [2.24, 2.45) is 22.7 Å². The van der Waals surface area contributed by atoms with Crippen LogP contribution in [0.15, 0.2) is 54.1 Å². The summed E-state index contributed by atoms with van der Waals surface area (Å²) in [4.78, 5) is 88.5. The Bertz CT molecular complexity index is 1930. The first-order chi connectivity index (χ1) is 27.8. The summed E-state index contributed by atoms with van der Waals surface area (Å²) in [6.45, 7) is 0.849. The van der Waals surface area contributed by atoms with Gasteiger partial charge in [-0.05, 0) is 87.3 Å². The molecular weight excluding hydrogens is 787 g/mol. The number of alkyl halides is 1. The van der Waals surface area contributed by atoms with Crippen LogP contribution in [0.4, 0.5) is 14.0 Å². The van der Waals surface area contributed by atoms with Gasteiger partial charge in [-0.1, -0.05) is 30.7 Å². The first-order valence-electron chi connectivity index (χ1n) is 18.7. The van der Waals surface area contributed by atoms with Crippen LogP contribution in [0.3, 0.4) is 0 Å². The second-order valence-corrected chi connectivity index (χ2v) is 15.3. The molecule has 0 heterocycles. The van der Waals surface area contributed by atoms with Gasteiger partial charge in [-0.3, -0.25) is 9.59 Å². The number of carboxylic acid groups (broad SMARTS) is 1. The molecule has 0 saturated heterocycles. The SMILES string of the molecule is C[C@]12C=CC(=O)C=C1CC[C@H]1[C@@H]3C[C@@H](O)[C@](O)(C(=O)COC(=O)NC(COC(=O)Oc4ccc(/C=C/C(=O)OCCCCO[N+](=O)[O-])cc4)C(=O)O)[C@@]3(C)C[C@H](O)[C@@]12F. The molecule has 5 N–H and O–H groups in total. The fraction of sp³-hybridized carbons (Fsp3) is 0.538. The molecule has 4 aliphatic rings. The summed E-state index contributed by atoms with van der Waals surface area (Å²) < 4.78 is 37.1. The molecule has 0 spiro atoms. The van der Waals surface area contributed by atoms with Crippen molar-refractivity contribution >= 4 is 41.8 Å². The molecule has 20 heteroatoms. The predicted octanol–water partition coefficient (Wildman–Crippen LogP) is 2.57. The molecule has 19 nitrogen and oxygen atoms in total. The molecular formula is C39H45FN2O17. The number of carboxylic acids is 1. The van der Waals surface area contributed by atoms with E-state index in [-0.39, 0.29) is 37.6 Å². The third kappa shape index (κ3) is 8.84. The Morgan fingerprint density at radius 2 is 1.73 bits per heavy atom. The van der Waals surface area contributed by atoms with Crippen molar-refractivity contribution in [2.75, 3.05) is 26.4 Å². The summed E-state index contributed by atoms with van der Waals surface area (Å²) in [7, 11) is 0. The summed E-state index contributed by atoms with van der Waals surface area (Å²) in [5, 5.41) is 55.1. The number of allylic oxidation sites excluding steroid dienone is 4. The number of aliphatic hydroxyl groups excluding tert-OH is 2. The summed E-state index contributed by atoms with van der Waals surface area (Å²) in [6.07, 6.45) is 0.778. The summed E-state index contributed by atoms with van der Waals surface area (Å²) >= 11 is 0. The van der Waals surface area contributed by atoms with Crippen molar-refractivity contribution in [3.05, 3.63) is 69.8 Å². The van der Waals surface area contributed by atoms with Gasteiger partial charge >= 0.3 is 24.2 Å². The lowest BCUT2D eigenvalue weighted by atomic mass is 9.44. The van der Waals surface area contributed by atoms with Gasteiger partial charge in [0.25, 0.3) is 5.09 Å². The number of aliphatic hydroxyl groups is 3. The fourth-order valence-corrected chi connectivity index (χ4v) is 8.98. The first kappa shape index (κ1) is 44.4. The number of hydrogen-bond acceptors (Lipinski definition) is 16. The van der Waals surface area contributed by atoms with E-state index in [1.807, 2.05) is 5.32 Å². The number of nitrogens with one attached hydrogen (secondary N) is 1. The highest BCUT2D eigenvalue weighted by molar-refractivity contribution is 6.01. The van der Waals surface area contributed by atoms with Gasteiger partial charge in [0.2, 0.25) is 5.78 Å². The molecule has 5 rings (SSSR count). The van der Waals surface area contributed by atoms with Gasteiger partial charge in [-0.15, -0.1) is 10.1 Å². The Kier molecular flexibility index (Phi) is 13.3. The minimum absolute atomic E-state index is 0.0225. The Morgan fingerprint density at radius 1 is 1.03 bits per heavy atom. The van der Waals surface area contributed by atoms with E-state index < -0.39 is 107 Å². The number of halogens is 1. The molecule has 0 bridgehead atoms. The Hall–Kier alpha value is -5.73. The normalized spacial score (nSPS) is 31.1. The molecule has 1 unspecified atom stereocenters. The second kappa shape index (κ2) is 17.6. The number of Topliss-reactive ketones (excluding diaryl/α,β-unsaturated/α-hetero) is 1. The van der Waals surface area contributed by atoms with Crippen molar-refractivity contribution in [1.29, 1.82) is 0 Å². The van der Waals surface area contributed by atoms with E-state index in [0.29, 0.717) is 30.4 Å². The number of ketones is 2. The average Bonchev–Trinajstić information content (AvgIpc) is 3.38. The molecule has 320 valence electrons. The van der Waals surface area contributed by atoms with Crippen LogP contribution < -0.4 is 10.1 Å². The third-order valence-electron chi connectivity index (χ3n) is 12.1. The zero-order valence-corrected chi connectivity index (χ0v) is 32.1. The number of nitrogens with zero attached hydrogens (tertiary/aromatic N) is 1. The van der Waals surface area contributed by atoms with Crippen LogP contribution in [-0.4, -0.2) is 117 Å². The molecule has 0 aromatic heterocycles. The fourth-order valence-electron chi connectivity index (χ4n) is 8.98. The van der Waals surface area contributed by atoms with Crippen LogP contribution in [0.25, 0.3) is 6.08 Å². The highest BCUT2D eigenvalue weighted by atomic mass is 19.1. The molecule has 0 aliphatic heterocycles. The van der Waals surface area contributed by atoms with Gasteiger partial charge in [-0.2, -0.15) is 0 Å². The Labute approximate surface area is 335 Å². The van der Waals surface area contributed by atoms with Crippen molar-refractivity contribution in [2.45, 2.75) is 81.9 Å². The third-order valence-corrected chi connectivity index (χ3v) is 12.1. The monoisotopic (exact) mass is 832 g/mol. The Morgan fingerprint density at radius 3 is 2.41 bits per heavy atom. The molecule has 59 heavy (non-hydrogen) atoms. The largest absolute Gasteiger partial charge is 0.513 e. The highest BCUT2D eigenvalue weighted by Crippen LogP contribution is 2.69. The minimum atomic E-state index is -2.60. The lowest BCUT2D eigenvalue weighted by molar-refractivity contribution is -0.757. The first-order valence-corrected chi connectivity index (χ1v) is 18.7. The van der Waals surface area contributed by atoms with Gasteiger partial charge in [0, 0.05) is 22.8 Å². The minimum Gasteiger partial charge on any atom is -0.480 e. The zero-order chi connectivity index (χ0) is 43.3. The number of ether oxygens (including phenoxy) is 4. The number of carbonyl (C=O) groups is 6. The molecule has 1 amide bonds. The van der Waals surface area contributed by atoms with Crippen molar-refractivity contribution in [3.63, 3.8) is 0 Å². The van der Waals surface area contributed by atoms with Gasteiger partial charge in [0.05, 0.1) is 25.4 Å². The number of amides is 1. The average molecular weight is 833 g/mol. The topological polar surface area (TPSA) is 285 Å². The van der Waals surface area contributed by atoms with Gasteiger partial charge in [0.15, 0.2) is 29.7 Å². The maximum atomic E-state index is 17.3. The molecule has 1 aromatic carbocycles. The maximum Gasteiger partial charge on any atom is 0.513 e. The molecule has 1 aromatic rings.